The number of nitrogens with one attached hydrogen (secondary N) is 1. The molecule has 3 nitrogen and oxygen atoms in total. The van der Waals surface area contributed by atoms with Crippen molar-refractivity contribution in [1.29, 1.82) is 0 Å². The minimum absolute atomic E-state index is 0.0223. The second-order valence-electron chi connectivity index (χ2n) is 6.15. The zero-order valence-corrected chi connectivity index (χ0v) is 11.4. The third-order valence-electron chi connectivity index (χ3n) is 4.87. The van der Waals surface area contributed by atoms with Crippen LogP contribution in [0.5, 0.6) is 5.75 Å². The summed E-state index contributed by atoms with van der Waals surface area (Å²) in [5.74, 6) is 2.66. The highest BCUT2D eigenvalue weighted by molar-refractivity contribution is 5.94. The summed E-state index contributed by atoms with van der Waals surface area (Å²) < 4.78 is 0. The second kappa shape index (κ2) is 4.87. The van der Waals surface area contributed by atoms with Gasteiger partial charge < -0.3 is 10.4 Å². The maximum atomic E-state index is 12.1. The van der Waals surface area contributed by atoms with E-state index in [4.69, 9.17) is 0 Å². The standard InChI is InChI=1S/C16H21NO2/c1-10-6-13(4-5-15(10)18)16(19)17-9-14-8-11-2-3-12(14)7-11/h4-6,11-12,14,18H,2-3,7-9H2,1H3,(H,17,19). The highest BCUT2D eigenvalue weighted by Crippen LogP contribution is 2.47. The largest absolute Gasteiger partial charge is 0.508 e. The van der Waals surface area contributed by atoms with E-state index in [0.29, 0.717) is 11.5 Å². The van der Waals surface area contributed by atoms with Crippen LogP contribution < -0.4 is 5.32 Å². The summed E-state index contributed by atoms with van der Waals surface area (Å²) in [6, 6.07) is 5.01. The van der Waals surface area contributed by atoms with Gasteiger partial charge in [-0.3, -0.25) is 4.79 Å². The monoisotopic (exact) mass is 259 g/mol. The lowest BCUT2D eigenvalue weighted by atomic mass is 9.89. The molecule has 2 bridgehead atoms. The molecule has 102 valence electrons. The summed E-state index contributed by atoms with van der Waals surface area (Å²) >= 11 is 0. The number of phenols is 1. The predicted octanol–water partition coefficient (Wildman–Crippen LogP) is 2.87. The van der Waals surface area contributed by atoms with Gasteiger partial charge in [0.05, 0.1) is 0 Å². The van der Waals surface area contributed by atoms with Gasteiger partial charge in [-0.1, -0.05) is 6.42 Å². The molecule has 1 amide bonds. The van der Waals surface area contributed by atoms with Gasteiger partial charge in [0, 0.05) is 12.1 Å². The van der Waals surface area contributed by atoms with Crippen LogP contribution in [0.25, 0.3) is 0 Å². The molecule has 2 saturated carbocycles. The van der Waals surface area contributed by atoms with Crippen LogP contribution in [0.15, 0.2) is 18.2 Å². The molecule has 0 heterocycles. The summed E-state index contributed by atoms with van der Waals surface area (Å²) in [7, 11) is 0. The SMILES string of the molecule is Cc1cc(C(=O)NCC2CC3CCC2C3)ccc1O. The van der Waals surface area contributed by atoms with Gasteiger partial charge >= 0.3 is 0 Å². The number of benzene rings is 1. The Kier molecular flexibility index (Phi) is 3.21. The average Bonchev–Trinajstić information content (AvgIpc) is 3.01. The Labute approximate surface area is 114 Å². The fourth-order valence-electron chi connectivity index (χ4n) is 3.75. The van der Waals surface area contributed by atoms with Crippen molar-refractivity contribution in [2.75, 3.05) is 6.54 Å². The first-order chi connectivity index (χ1) is 9.13. The van der Waals surface area contributed by atoms with Gasteiger partial charge in [-0.05, 0) is 67.7 Å². The molecule has 2 aliphatic rings. The number of phenolic OH excluding ortho intramolecular Hbond substituents is 1. The summed E-state index contributed by atoms with van der Waals surface area (Å²) in [4.78, 5) is 12.1. The summed E-state index contributed by atoms with van der Waals surface area (Å²) in [5, 5.41) is 12.5. The molecule has 0 spiro atoms. The van der Waals surface area contributed by atoms with Crippen LogP contribution in [-0.2, 0) is 0 Å². The van der Waals surface area contributed by atoms with Crippen LogP contribution in [-0.4, -0.2) is 17.6 Å². The first-order valence-electron chi connectivity index (χ1n) is 7.21. The number of carbonyl (C=O) groups excluding carboxylic acids is 1. The number of fused-ring (bicyclic) bond motifs is 2. The summed E-state index contributed by atoms with van der Waals surface area (Å²) in [6.45, 7) is 2.61. The summed E-state index contributed by atoms with van der Waals surface area (Å²) in [5.41, 5.74) is 1.38. The number of amides is 1. The number of aryl methyl sites for hydroxylation is 1. The van der Waals surface area contributed by atoms with Crippen LogP contribution in [0.4, 0.5) is 0 Å². The molecular weight excluding hydrogens is 238 g/mol. The zero-order valence-electron chi connectivity index (χ0n) is 11.4. The lowest BCUT2D eigenvalue weighted by molar-refractivity contribution is 0.0941. The van der Waals surface area contributed by atoms with Crippen LogP contribution >= 0.6 is 0 Å². The van der Waals surface area contributed by atoms with Gasteiger partial charge in [-0.2, -0.15) is 0 Å². The molecule has 2 fully saturated rings. The number of carbonyl (C=O) groups is 1. The van der Waals surface area contributed by atoms with E-state index in [9.17, 15) is 9.90 Å². The summed E-state index contributed by atoms with van der Waals surface area (Å²) in [6.07, 6.45) is 5.41. The van der Waals surface area contributed by atoms with E-state index in [2.05, 4.69) is 5.32 Å². The quantitative estimate of drug-likeness (QED) is 0.877. The van der Waals surface area contributed by atoms with E-state index >= 15 is 0 Å². The Balaban J connectivity index is 1.57. The molecule has 3 rings (SSSR count). The van der Waals surface area contributed by atoms with E-state index in [1.54, 1.807) is 18.2 Å². The first kappa shape index (κ1) is 12.5. The Morgan fingerprint density at radius 1 is 1.37 bits per heavy atom. The van der Waals surface area contributed by atoms with Crippen LogP contribution in [0.1, 0.15) is 41.6 Å². The molecular formula is C16H21NO2. The highest BCUT2D eigenvalue weighted by atomic mass is 16.3. The molecule has 3 unspecified atom stereocenters. The van der Waals surface area contributed by atoms with Crippen molar-refractivity contribution >= 4 is 5.91 Å². The molecule has 3 heteroatoms. The van der Waals surface area contributed by atoms with E-state index in [-0.39, 0.29) is 11.7 Å². The van der Waals surface area contributed by atoms with E-state index in [0.717, 1.165) is 23.9 Å². The van der Waals surface area contributed by atoms with Crippen molar-refractivity contribution in [3.63, 3.8) is 0 Å². The van der Waals surface area contributed by atoms with Crippen molar-refractivity contribution < 1.29 is 9.90 Å². The van der Waals surface area contributed by atoms with Gasteiger partial charge in [0.25, 0.3) is 5.91 Å². The normalized spacial score (nSPS) is 28.6. The Morgan fingerprint density at radius 3 is 2.84 bits per heavy atom. The molecule has 0 aliphatic heterocycles. The number of hydrogen-bond acceptors (Lipinski definition) is 2. The Morgan fingerprint density at radius 2 is 2.21 bits per heavy atom. The molecule has 1 aromatic carbocycles. The van der Waals surface area contributed by atoms with Gasteiger partial charge in [-0.15, -0.1) is 0 Å². The smallest absolute Gasteiger partial charge is 0.251 e. The van der Waals surface area contributed by atoms with Crippen LogP contribution in [0.3, 0.4) is 0 Å². The highest BCUT2D eigenvalue weighted by Gasteiger charge is 2.39. The third kappa shape index (κ3) is 2.46. The van der Waals surface area contributed by atoms with Gasteiger partial charge in [0.1, 0.15) is 5.75 Å². The molecule has 3 atom stereocenters. The van der Waals surface area contributed by atoms with Crippen molar-refractivity contribution in [3.05, 3.63) is 29.3 Å². The Hall–Kier alpha value is -1.51. The second-order valence-corrected chi connectivity index (χ2v) is 6.15. The minimum Gasteiger partial charge on any atom is -0.508 e. The van der Waals surface area contributed by atoms with E-state index in [1.807, 2.05) is 6.92 Å². The molecule has 0 saturated heterocycles. The zero-order chi connectivity index (χ0) is 13.4. The molecule has 0 radical (unpaired) electrons. The lowest BCUT2D eigenvalue weighted by Crippen LogP contribution is -2.31. The van der Waals surface area contributed by atoms with Gasteiger partial charge in [-0.25, -0.2) is 0 Å². The third-order valence-corrected chi connectivity index (χ3v) is 4.87. The van der Waals surface area contributed by atoms with Gasteiger partial charge in [0.15, 0.2) is 0 Å². The Bertz CT molecular complexity index is 498. The van der Waals surface area contributed by atoms with Crippen molar-refractivity contribution in [3.8, 4) is 5.75 Å². The fourth-order valence-corrected chi connectivity index (χ4v) is 3.75. The minimum atomic E-state index is -0.0223. The maximum absolute atomic E-state index is 12.1. The first-order valence-corrected chi connectivity index (χ1v) is 7.21. The molecule has 19 heavy (non-hydrogen) atoms. The van der Waals surface area contributed by atoms with Crippen molar-refractivity contribution in [2.45, 2.75) is 32.6 Å². The molecule has 1 aromatic rings. The maximum Gasteiger partial charge on any atom is 0.251 e. The number of rotatable bonds is 3. The van der Waals surface area contributed by atoms with E-state index < -0.39 is 0 Å². The number of aromatic hydroxyl groups is 1. The van der Waals surface area contributed by atoms with Crippen LogP contribution in [0.2, 0.25) is 0 Å². The average molecular weight is 259 g/mol. The molecule has 0 aromatic heterocycles. The fraction of sp³-hybridized carbons (Fsp3) is 0.562. The van der Waals surface area contributed by atoms with Crippen molar-refractivity contribution in [1.82, 2.24) is 5.32 Å². The molecule has 2 aliphatic carbocycles. The predicted molar refractivity (Wildman–Crippen MR) is 74.1 cm³/mol. The molecule has 2 N–H and O–H groups in total. The van der Waals surface area contributed by atoms with Gasteiger partial charge in [0.2, 0.25) is 0 Å². The van der Waals surface area contributed by atoms with Crippen LogP contribution in [0, 0.1) is 24.7 Å². The van der Waals surface area contributed by atoms with E-state index in [1.165, 1.54) is 25.7 Å². The topological polar surface area (TPSA) is 49.3 Å². The van der Waals surface area contributed by atoms with Crippen molar-refractivity contribution in [2.24, 2.45) is 17.8 Å². The lowest BCUT2D eigenvalue weighted by Gasteiger charge is -2.21. The number of hydrogen-bond donors (Lipinski definition) is 2.